The average Bonchev–Trinajstić information content (AvgIpc) is 4.01. The molecule has 0 bridgehead atoms. The minimum atomic E-state index is 0.644. The van der Waals surface area contributed by atoms with Crippen LogP contribution in [0.15, 0.2) is 91.0 Å². The molecule has 0 saturated carbocycles. The first kappa shape index (κ1) is 35.9. The summed E-state index contributed by atoms with van der Waals surface area (Å²) in [4.78, 5) is 22.1. The second-order valence-electron chi connectivity index (χ2n) is 13.5. The van der Waals surface area contributed by atoms with Crippen molar-refractivity contribution in [1.82, 2.24) is 28.9 Å². The minimum absolute atomic E-state index is 0.644. The van der Waals surface area contributed by atoms with E-state index in [1.165, 1.54) is 102 Å². The van der Waals surface area contributed by atoms with Gasteiger partial charge in [0.25, 0.3) is 0 Å². The fourth-order valence-corrected chi connectivity index (χ4v) is 7.87. The largest absolute Gasteiger partial charge is 0.399 e. The van der Waals surface area contributed by atoms with E-state index in [1.807, 2.05) is 24.3 Å². The van der Waals surface area contributed by atoms with Crippen LogP contribution in [0.2, 0.25) is 0 Å². The van der Waals surface area contributed by atoms with Crippen molar-refractivity contribution < 1.29 is 0 Å². The van der Waals surface area contributed by atoms with E-state index in [9.17, 15) is 0 Å². The first-order chi connectivity index (χ1) is 24.6. The van der Waals surface area contributed by atoms with Crippen LogP contribution in [-0.4, -0.2) is 104 Å². The van der Waals surface area contributed by atoms with Crippen molar-refractivity contribution >= 4 is 57.5 Å². The fourth-order valence-electron chi connectivity index (χ4n) is 7.55. The molecule has 2 N–H and O–H groups in total. The van der Waals surface area contributed by atoms with Gasteiger partial charge in [-0.1, -0.05) is 0 Å². The minimum Gasteiger partial charge on any atom is -0.399 e. The quantitative estimate of drug-likeness (QED) is 0.140. The maximum Gasteiger partial charge on any atom is 0.190 e. The van der Waals surface area contributed by atoms with E-state index >= 15 is 0 Å². The molecule has 2 aromatic heterocycles. The molecule has 50 heavy (non-hydrogen) atoms. The van der Waals surface area contributed by atoms with E-state index in [-0.39, 0.29) is 0 Å². The lowest BCUT2D eigenvalue weighted by molar-refractivity contribution is 0.208. The Morgan fingerprint density at radius 3 is 1.44 bits per heavy atom. The number of likely N-dealkylation sites (tertiary alicyclic amines) is 2. The average molecular weight is 711 g/mol. The normalized spacial score (nSPS) is 18.9. The Hall–Kier alpha value is -3.93. The van der Waals surface area contributed by atoms with E-state index in [2.05, 4.69) is 76.2 Å². The predicted octanol–water partition coefficient (Wildman–Crippen LogP) is 6.58. The van der Waals surface area contributed by atoms with Crippen molar-refractivity contribution in [3.05, 3.63) is 86.0 Å². The summed E-state index contributed by atoms with van der Waals surface area (Å²) in [6.45, 7) is 9.98. The first-order valence-corrected chi connectivity index (χ1v) is 18.9. The number of benzene rings is 2. The number of imidazole rings is 2. The van der Waals surface area contributed by atoms with Gasteiger partial charge in [-0.2, -0.15) is 4.99 Å². The predicted molar refractivity (Wildman–Crippen MR) is 212 cm³/mol. The highest BCUT2D eigenvalue weighted by atomic mass is 32.1. The molecule has 4 aromatic rings. The summed E-state index contributed by atoms with van der Waals surface area (Å²) in [5.74, 6) is 0. The number of piperidine rings is 2. The molecule has 0 unspecified atom stereocenters. The van der Waals surface area contributed by atoms with Gasteiger partial charge in [0.15, 0.2) is 5.11 Å². The molecule has 0 spiro atoms. The summed E-state index contributed by atoms with van der Waals surface area (Å²) in [5.41, 5.74) is 10.1. The Morgan fingerprint density at radius 2 is 1.06 bits per heavy atom. The molecule has 4 fully saturated rings. The molecule has 2 aromatic carbocycles. The molecule has 4 aliphatic rings. The zero-order valence-corrected chi connectivity index (χ0v) is 30.6. The smallest absolute Gasteiger partial charge is 0.190 e. The Morgan fingerprint density at radius 1 is 0.640 bits per heavy atom. The molecule has 6 heterocycles. The Kier molecular flexibility index (Phi) is 13.2. The summed E-state index contributed by atoms with van der Waals surface area (Å²) in [5, 5.41) is 3.05. The molecule has 4 aliphatic heterocycles. The summed E-state index contributed by atoms with van der Waals surface area (Å²) in [6.07, 6.45) is 21.1. The molecule has 12 heteroatoms. The topological polar surface area (TPSA) is 87.0 Å². The number of hydrogen-bond donors (Lipinski definition) is 1. The molecule has 0 radical (unpaired) electrons. The number of rotatable bonds is 5. The number of isothiocyanates is 1. The number of nitrogen functional groups attached to an aromatic ring is 1. The van der Waals surface area contributed by atoms with Crippen LogP contribution in [0, 0.1) is 0 Å². The summed E-state index contributed by atoms with van der Waals surface area (Å²) >= 11 is 9.77. The van der Waals surface area contributed by atoms with Gasteiger partial charge < -0.3 is 25.3 Å². The highest BCUT2D eigenvalue weighted by Crippen LogP contribution is 2.27. The van der Waals surface area contributed by atoms with Gasteiger partial charge in [0.05, 0.1) is 10.8 Å². The van der Waals surface area contributed by atoms with Gasteiger partial charge in [0, 0.05) is 80.1 Å². The number of anilines is 3. The van der Waals surface area contributed by atoms with Gasteiger partial charge in [-0.3, -0.25) is 9.13 Å². The standard InChI is InChI=1S/C16H21N3S.C15H23N3.C7H6N4S/c20-13-17-14-3-5-15(6-4-14)19-11-7-16(8-12-19)18-9-1-2-10-18;16-13-3-5-14(6-4-13)18-11-7-15(8-12-18)17-9-1-2-10-17;12-7(10-3-1-8-5-10)11-4-2-9-6-11/h3-6,16H,1-2,7-12H2;3-6,15H,1-2,7-12,16H2;1-6H. The Labute approximate surface area is 307 Å². The van der Waals surface area contributed by atoms with Gasteiger partial charge in [-0.15, -0.1) is 0 Å². The second kappa shape index (κ2) is 18.3. The van der Waals surface area contributed by atoms with Crippen LogP contribution in [0.25, 0.3) is 0 Å². The van der Waals surface area contributed by atoms with E-state index in [4.69, 9.17) is 18.0 Å². The third-order valence-corrected chi connectivity index (χ3v) is 10.9. The number of aliphatic imine (C=N–C) groups is 1. The van der Waals surface area contributed by atoms with Crippen molar-refractivity contribution in [3.8, 4) is 0 Å². The second-order valence-corrected chi connectivity index (χ2v) is 14.0. The maximum atomic E-state index is 5.74. The Balaban J connectivity index is 0.000000134. The molecule has 0 atom stereocenters. The lowest BCUT2D eigenvalue weighted by Crippen LogP contribution is -2.43. The highest BCUT2D eigenvalue weighted by Gasteiger charge is 2.27. The molecular weight excluding hydrogens is 661 g/mol. The van der Waals surface area contributed by atoms with Crippen molar-refractivity contribution in [3.63, 3.8) is 0 Å². The van der Waals surface area contributed by atoms with Crippen molar-refractivity contribution in [2.75, 3.05) is 67.9 Å². The van der Waals surface area contributed by atoms with Crippen LogP contribution in [0.3, 0.4) is 0 Å². The van der Waals surface area contributed by atoms with Crippen LogP contribution in [0.4, 0.5) is 22.7 Å². The highest BCUT2D eigenvalue weighted by molar-refractivity contribution is 7.80. The van der Waals surface area contributed by atoms with Gasteiger partial charge >= 0.3 is 0 Å². The lowest BCUT2D eigenvalue weighted by atomic mass is 10.0. The molecular formula is C38H50N10S2. The molecule has 10 nitrogen and oxygen atoms in total. The molecule has 8 rings (SSSR count). The van der Waals surface area contributed by atoms with Gasteiger partial charge in [0.2, 0.25) is 0 Å². The SMILES string of the molecule is Nc1ccc(N2CCC(N3CCCC3)CC2)cc1.S=C(n1ccnc1)n1ccnc1.S=C=Nc1ccc(N2CCC(N3CCCC3)CC2)cc1. The monoisotopic (exact) mass is 710 g/mol. The number of nitrogens with two attached hydrogens (primary N) is 1. The third kappa shape index (κ3) is 9.86. The zero-order chi connectivity index (χ0) is 34.5. The van der Waals surface area contributed by atoms with Crippen LogP contribution < -0.4 is 15.5 Å². The number of hydrogen-bond acceptors (Lipinski definition) is 10. The van der Waals surface area contributed by atoms with E-state index in [0.717, 1.165) is 36.5 Å². The van der Waals surface area contributed by atoms with E-state index < -0.39 is 0 Å². The van der Waals surface area contributed by atoms with Crippen LogP contribution in [0.5, 0.6) is 0 Å². The van der Waals surface area contributed by atoms with Gasteiger partial charge in [-0.05, 0) is 151 Å². The van der Waals surface area contributed by atoms with Gasteiger partial charge in [0.1, 0.15) is 12.7 Å². The molecule has 264 valence electrons. The van der Waals surface area contributed by atoms with Crippen molar-refractivity contribution in [1.29, 1.82) is 0 Å². The first-order valence-electron chi connectivity index (χ1n) is 18.1. The van der Waals surface area contributed by atoms with E-state index in [1.54, 1.807) is 46.6 Å². The van der Waals surface area contributed by atoms with E-state index in [0.29, 0.717) is 5.11 Å². The van der Waals surface area contributed by atoms with Gasteiger partial charge in [-0.25, -0.2) is 9.97 Å². The number of nitrogens with zero attached hydrogens (tertiary/aromatic N) is 9. The van der Waals surface area contributed by atoms with Crippen LogP contribution >= 0.6 is 24.4 Å². The zero-order valence-electron chi connectivity index (χ0n) is 29.0. The molecule has 0 aliphatic carbocycles. The number of aromatic nitrogens is 4. The summed E-state index contributed by atoms with van der Waals surface area (Å²) in [6, 6.07) is 18.2. The summed E-state index contributed by atoms with van der Waals surface area (Å²) in [7, 11) is 0. The van der Waals surface area contributed by atoms with Crippen LogP contribution in [-0.2, 0) is 0 Å². The fraction of sp³-hybridized carbons (Fsp3) is 0.474. The van der Waals surface area contributed by atoms with Crippen LogP contribution in [0.1, 0.15) is 51.4 Å². The Bertz CT molecular complexity index is 1570. The summed E-state index contributed by atoms with van der Waals surface area (Å²) < 4.78 is 3.49. The lowest BCUT2D eigenvalue weighted by Gasteiger charge is -2.37. The maximum absolute atomic E-state index is 5.74. The third-order valence-electron chi connectivity index (χ3n) is 10.3. The molecule has 0 amide bonds. The molecule has 4 saturated heterocycles. The van der Waals surface area contributed by atoms with Crippen molar-refractivity contribution in [2.24, 2.45) is 4.99 Å². The number of thiocarbonyl (C=S) groups is 2. The van der Waals surface area contributed by atoms with Crippen molar-refractivity contribution in [2.45, 2.75) is 63.5 Å².